The van der Waals surface area contributed by atoms with E-state index in [0.29, 0.717) is 5.78 Å². The Morgan fingerprint density at radius 3 is 2.83 bits per heavy atom. The first-order valence-corrected chi connectivity index (χ1v) is 7.96. The van der Waals surface area contributed by atoms with Crippen molar-refractivity contribution in [3.05, 3.63) is 71.4 Å². The van der Waals surface area contributed by atoms with Gasteiger partial charge in [0.2, 0.25) is 0 Å². The zero-order valence-electron chi connectivity index (χ0n) is 13.4. The minimum Gasteiger partial charge on any atom is -0.401 e. The van der Waals surface area contributed by atoms with Gasteiger partial charge in [-0.05, 0) is 24.5 Å². The molecule has 1 aromatic carbocycles. The molecule has 0 saturated heterocycles. The molecule has 0 radical (unpaired) electrons. The van der Waals surface area contributed by atoms with Crippen LogP contribution in [0.15, 0.2) is 65.3 Å². The summed E-state index contributed by atoms with van der Waals surface area (Å²) < 4.78 is 1.65. The second-order valence-electron chi connectivity index (χ2n) is 5.91. The molecule has 2 N–H and O–H groups in total. The van der Waals surface area contributed by atoms with Gasteiger partial charge in [0, 0.05) is 36.1 Å². The minimum absolute atomic E-state index is 0.190. The largest absolute Gasteiger partial charge is 0.401 e. The topological polar surface area (TPSA) is 81.5 Å². The predicted molar refractivity (Wildman–Crippen MR) is 92.9 cm³/mol. The first kappa shape index (κ1) is 14.6. The van der Waals surface area contributed by atoms with Crippen LogP contribution in [0.4, 0.5) is 0 Å². The number of fused-ring (bicyclic) bond motifs is 1. The summed E-state index contributed by atoms with van der Waals surface area (Å²) in [6.45, 7) is 2.75. The maximum absolute atomic E-state index is 6.52. The molecule has 24 heavy (non-hydrogen) atoms. The molecule has 0 aliphatic carbocycles. The molecule has 0 amide bonds. The van der Waals surface area contributed by atoms with Crippen LogP contribution in [0.3, 0.4) is 0 Å². The fourth-order valence-electron chi connectivity index (χ4n) is 3.16. The summed E-state index contributed by atoms with van der Waals surface area (Å²) in [5, 5.41) is 4.14. The molecule has 2 aromatic heterocycles. The lowest BCUT2D eigenvalue weighted by Gasteiger charge is -2.17. The molecular weight excluding hydrogens is 300 g/mol. The fourth-order valence-corrected chi connectivity index (χ4v) is 3.16. The van der Waals surface area contributed by atoms with Crippen LogP contribution in [0.25, 0.3) is 5.78 Å². The number of hydrogen-bond acceptors (Lipinski definition) is 5. The third-order valence-electron chi connectivity index (χ3n) is 4.46. The first-order chi connectivity index (χ1) is 11.7. The summed E-state index contributed by atoms with van der Waals surface area (Å²) in [5.41, 5.74) is 11.4. The Morgan fingerprint density at radius 1 is 1.17 bits per heavy atom. The zero-order chi connectivity index (χ0) is 16.5. The minimum atomic E-state index is 0.190. The van der Waals surface area contributed by atoms with Crippen LogP contribution in [-0.2, 0) is 0 Å². The summed E-state index contributed by atoms with van der Waals surface area (Å²) in [6.07, 6.45) is 6.06. The number of rotatable bonds is 2. The molecule has 4 rings (SSSR count). The van der Waals surface area contributed by atoms with E-state index in [-0.39, 0.29) is 5.92 Å². The third-order valence-corrected chi connectivity index (χ3v) is 4.46. The summed E-state index contributed by atoms with van der Waals surface area (Å²) in [4.78, 5) is 13.2. The van der Waals surface area contributed by atoms with E-state index in [1.54, 1.807) is 10.7 Å². The van der Waals surface area contributed by atoms with Gasteiger partial charge in [-0.25, -0.2) is 9.50 Å². The Bertz CT molecular complexity index is 938. The van der Waals surface area contributed by atoms with Gasteiger partial charge in [-0.15, -0.1) is 0 Å². The van der Waals surface area contributed by atoms with Crippen molar-refractivity contribution in [3.8, 4) is 0 Å². The second kappa shape index (κ2) is 5.88. The van der Waals surface area contributed by atoms with Gasteiger partial charge in [-0.1, -0.05) is 30.3 Å². The van der Waals surface area contributed by atoms with Crippen molar-refractivity contribution < 1.29 is 0 Å². The highest BCUT2D eigenvalue weighted by Gasteiger charge is 2.22. The van der Waals surface area contributed by atoms with Gasteiger partial charge in [-0.3, -0.25) is 4.99 Å². The molecule has 3 aromatic rings. The van der Waals surface area contributed by atoms with Gasteiger partial charge in [0.1, 0.15) is 6.33 Å². The molecule has 6 nitrogen and oxygen atoms in total. The Balaban J connectivity index is 1.76. The Hall–Kier alpha value is -3.02. The highest BCUT2D eigenvalue weighted by atomic mass is 15.3. The van der Waals surface area contributed by atoms with Crippen molar-refractivity contribution in [2.75, 3.05) is 6.54 Å². The van der Waals surface area contributed by atoms with Crippen LogP contribution in [0.5, 0.6) is 0 Å². The lowest BCUT2D eigenvalue weighted by Crippen LogP contribution is -2.15. The number of benzene rings is 1. The van der Waals surface area contributed by atoms with Gasteiger partial charge in [0.05, 0.1) is 5.71 Å². The predicted octanol–water partition coefficient (Wildman–Crippen LogP) is 2.33. The highest BCUT2D eigenvalue weighted by Crippen LogP contribution is 2.30. The Morgan fingerprint density at radius 2 is 2.00 bits per heavy atom. The lowest BCUT2D eigenvalue weighted by atomic mass is 9.90. The molecular formula is C18H18N6. The molecule has 3 heterocycles. The SMILES string of the molecule is CC1=C(N)[C@@H](c2ccccc2)CCN=C1c1cnc2ncnn2c1. The van der Waals surface area contributed by atoms with Crippen molar-refractivity contribution in [1.82, 2.24) is 19.6 Å². The lowest BCUT2D eigenvalue weighted by molar-refractivity contribution is 0.711. The van der Waals surface area contributed by atoms with Gasteiger partial charge < -0.3 is 5.73 Å². The number of aromatic nitrogens is 4. The summed E-state index contributed by atoms with van der Waals surface area (Å²) >= 11 is 0. The van der Waals surface area contributed by atoms with E-state index in [4.69, 9.17) is 10.7 Å². The standard InChI is InChI=1S/C18H18N6/c1-12-16(19)15(13-5-3-2-4-6-13)7-8-20-17(12)14-9-21-18-22-11-23-24(18)10-14/h2-6,9-11,15H,7-8,19H2,1H3/t15-/m1/s1. The number of allylic oxidation sites excluding steroid dienone is 2. The average molecular weight is 318 g/mol. The molecule has 120 valence electrons. The average Bonchev–Trinajstić information content (AvgIpc) is 3.03. The van der Waals surface area contributed by atoms with Crippen molar-refractivity contribution >= 4 is 11.5 Å². The summed E-state index contributed by atoms with van der Waals surface area (Å²) in [6, 6.07) is 10.4. The van der Waals surface area contributed by atoms with Crippen molar-refractivity contribution in [1.29, 1.82) is 0 Å². The van der Waals surface area contributed by atoms with Crippen LogP contribution < -0.4 is 5.73 Å². The van der Waals surface area contributed by atoms with Gasteiger partial charge in [0.25, 0.3) is 5.78 Å². The normalized spacial score (nSPS) is 18.5. The number of aliphatic imine (C=N–C) groups is 1. The van der Waals surface area contributed by atoms with Crippen molar-refractivity contribution in [2.24, 2.45) is 10.7 Å². The second-order valence-corrected chi connectivity index (χ2v) is 5.91. The van der Waals surface area contributed by atoms with Gasteiger partial charge in [-0.2, -0.15) is 10.1 Å². The van der Waals surface area contributed by atoms with Crippen LogP contribution in [0, 0.1) is 0 Å². The maximum atomic E-state index is 6.52. The molecule has 0 saturated carbocycles. The van der Waals surface area contributed by atoms with E-state index in [1.807, 2.05) is 31.3 Å². The number of nitrogens with two attached hydrogens (primary N) is 1. The molecule has 1 atom stereocenters. The maximum Gasteiger partial charge on any atom is 0.252 e. The van der Waals surface area contributed by atoms with E-state index in [0.717, 1.165) is 35.5 Å². The monoisotopic (exact) mass is 318 g/mol. The molecule has 1 aliphatic rings. The molecule has 1 aliphatic heterocycles. The van der Waals surface area contributed by atoms with Gasteiger partial charge >= 0.3 is 0 Å². The van der Waals surface area contributed by atoms with E-state index in [2.05, 4.69) is 27.2 Å². The van der Waals surface area contributed by atoms with Crippen LogP contribution in [0.1, 0.15) is 30.4 Å². The first-order valence-electron chi connectivity index (χ1n) is 7.96. The van der Waals surface area contributed by atoms with Crippen LogP contribution in [-0.4, -0.2) is 31.8 Å². The van der Waals surface area contributed by atoms with Crippen LogP contribution in [0.2, 0.25) is 0 Å². The molecule has 0 bridgehead atoms. The summed E-state index contributed by atoms with van der Waals surface area (Å²) in [7, 11) is 0. The summed E-state index contributed by atoms with van der Waals surface area (Å²) in [5.74, 6) is 0.764. The Labute approximate surface area is 139 Å². The van der Waals surface area contributed by atoms with Crippen LogP contribution >= 0.6 is 0 Å². The van der Waals surface area contributed by atoms with Crippen molar-refractivity contribution in [2.45, 2.75) is 19.3 Å². The van der Waals surface area contributed by atoms with E-state index >= 15 is 0 Å². The number of nitrogens with zero attached hydrogens (tertiary/aromatic N) is 5. The number of hydrogen-bond donors (Lipinski definition) is 1. The molecule has 6 heteroatoms. The van der Waals surface area contributed by atoms with E-state index < -0.39 is 0 Å². The van der Waals surface area contributed by atoms with E-state index in [1.165, 1.54) is 11.9 Å². The van der Waals surface area contributed by atoms with Crippen molar-refractivity contribution in [3.63, 3.8) is 0 Å². The Kier molecular flexibility index (Phi) is 3.57. The molecule has 0 spiro atoms. The fraction of sp³-hybridized carbons (Fsp3) is 0.222. The smallest absolute Gasteiger partial charge is 0.252 e. The quantitative estimate of drug-likeness (QED) is 0.786. The molecule has 0 fully saturated rings. The van der Waals surface area contributed by atoms with E-state index in [9.17, 15) is 0 Å². The molecule has 0 unspecified atom stereocenters. The highest BCUT2D eigenvalue weighted by molar-refractivity contribution is 6.12. The third kappa shape index (κ3) is 2.46. The zero-order valence-corrected chi connectivity index (χ0v) is 13.4. The van der Waals surface area contributed by atoms with Gasteiger partial charge in [0.15, 0.2) is 0 Å².